The molecule has 0 aliphatic heterocycles. The summed E-state index contributed by atoms with van der Waals surface area (Å²) in [5, 5.41) is 9.64. The molecule has 0 aliphatic carbocycles. The van der Waals surface area contributed by atoms with Crippen LogP contribution in [0.3, 0.4) is 0 Å². The normalized spacial score (nSPS) is 11.5. The fourth-order valence-corrected chi connectivity index (χ4v) is 2.45. The first-order valence-corrected chi connectivity index (χ1v) is 8.15. The second kappa shape index (κ2) is 8.88. The van der Waals surface area contributed by atoms with Gasteiger partial charge in [0.05, 0.1) is 6.20 Å². The average molecular weight is 294 g/mol. The molecule has 0 aliphatic rings. The molecule has 1 rings (SSSR count). The second-order valence-corrected chi connectivity index (χ2v) is 6.00. The smallest absolute Gasteiger partial charge is 0.223 e. The highest BCUT2D eigenvalue weighted by molar-refractivity contribution is 5.21. The van der Waals surface area contributed by atoms with Crippen LogP contribution in [0.1, 0.15) is 65.1 Å². The quantitative estimate of drug-likeness (QED) is 0.757. The van der Waals surface area contributed by atoms with Crippen molar-refractivity contribution >= 4 is 0 Å². The first kappa shape index (κ1) is 17.8. The van der Waals surface area contributed by atoms with E-state index in [2.05, 4.69) is 32.6 Å². The van der Waals surface area contributed by atoms with Gasteiger partial charge in [-0.25, -0.2) is 0 Å². The van der Waals surface area contributed by atoms with Gasteiger partial charge in [0.1, 0.15) is 0 Å². The van der Waals surface area contributed by atoms with Crippen molar-refractivity contribution in [1.82, 2.24) is 9.47 Å². The van der Waals surface area contributed by atoms with Crippen LogP contribution in [-0.4, -0.2) is 27.7 Å². The first-order chi connectivity index (χ1) is 9.99. The van der Waals surface area contributed by atoms with E-state index < -0.39 is 0 Å². The van der Waals surface area contributed by atoms with Crippen LogP contribution in [0, 0.1) is 0 Å². The Morgan fingerprint density at radius 2 is 1.76 bits per heavy atom. The summed E-state index contributed by atoms with van der Waals surface area (Å²) in [6.07, 6.45) is 6.27. The van der Waals surface area contributed by atoms with Crippen LogP contribution in [0.2, 0.25) is 0 Å². The van der Waals surface area contributed by atoms with Crippen LogP contribution < -0.4 is 5.43 Å². The van der Waals surface area contributed by atoms with Crippen LogP contribution in [0.4, 0.5) is 0 Å². The van der Waals surface area contributed by atoms with E-state index in [1.54, 1.807) is 12.3 Å². The molecule has 1 heterocycles. The van der Waals surface area contributed by atoms with E-state index in [1.165, 1.54) is 25.7 Å². The Morgan fingerprint density at radius 1 is 1.19 bits per heavy atom. The lowest BCUT2D eigenvalue weighted by molar-refractivity contribution is 0.248. The molecule has 1 aromatic rings. The number of unbranched alkanes of at least 4 members (excludes halogenated alkanes) is 2. The number of pyridine rings is 1. The number of aromatic nitrogens is 1. The van der Waals surface area contributed by atoms with E-state index in [0.717, 1.165) is 25.3 Å². The summed E-state index contributed by atoms with van der Waals surface area (Å²) in [7, 11) is 0. The zero-order chi connectivity index (χ0) is 15.8. The van der Waals surface area contributed by atoms with Gasteiger partial charge in [-0.05, 0) is 39.8 Å². The molecule has 0 spiro atoms. The lowest BCUT2D eigenvalue weighted by Crippen LogP contribution is -2.28. The molecule has 0 unspecified atom stereocenters. The molecule has 0 fully saturated rings. The van der Waals surface area contributed by atoms with E-state index in [-0.39, 0.29) is 17.2 Å². The van der Waals surface area contributed by atoms with E-state index in [9.17, 15) is 9.90 Å². The van der Waals surface area contributed by atoms with Crippen molar-refractivity contribution in [2.45, 2.75) is 66.0 Å². The van der Waals surface area contributed by atoms with Gasteiger partial charge in [-0.15, -0.1) is 0 Å². The molecule has 0 aromatic carbocycles. The highest BCUT2D eigenvalue weighted by Crippen LogP contribution is 2.15. The van der Waals surface area contributed by atoms with E-state index in [4.69, 9.17) is 0 Å². The molecular formula is C17H30N2O2. The van der Waals surface area contributed by atoms with Gasteiger partial charge in [0.25, 0.3) is 0 Å². The highest BCUT2D eigenvalue weighted by Gasteiger charge is 2.12. The molecule has 0 saturated heterocycles. The van der Waals surface area contributed by atoms with Crippen molar-refractivity contribution in [3.8, 4) is 5.75 Å². The maximum Gasteiger partial charge on any atom is 0.223 e. The molecule has 0 saturated carbocycles. The maximum atomic E-state index is 11.7. The Morgan fingerprint density at radius 3 is 2.24 bits per heavy atom. The number of hydrogen-bond acceptors (Lipinski definition) is 3. The molecule has 1 aromatic heterocycles. The molecule has 21 heavy (non-hydrogen) atoms. The molecule has 4 heteroatoms. The van der Waals surface area contributed by atoms with Gasteiger partial charge in [0.15, 0.2) is 5.75 Å². The van der Waals surface area contributed by atoms with Crippen molar-refractivity contribution in [1.29, 1.82) is 0 Å². The van der Waals surface area contributed by atoms with E-state index in [1.807, 2.05) is 4.57 Å². The van der Waals surface area contributed by atoms with Gasteiger partial charge >= 0.3 is 0 Å². The predicted octanol–water partition coefficient (Wildman–Crippen LogP) is 3.54. The van der Waals surface area contributed by atoms with Gasteiger partial charge in [0, 0.05) is 24.3 Å². The largest absolute Gasteiger partial charge is 0.503 e. The highest BCUT2D eigenvalue weighted by atomic mass is 16.3. The molecule has 1 N–H and O–H groups in total. The van der Waals surface area contributed by atoms with Gasteiger partial charge < -0.3 is 9.67 Å². The monoisotopic (exact) mass is 294 g/mol. The van der Waals surface area contributed by atoms with Crippen molar-refractivity contribution in [2.24, 2.45) is 0 Å². The molecule has 0 atom stereocenters. The Hall–Kier alpha value is -1.29. The third-order valence-electron chi connectivity index (χ3n) is 3.74. The van der Waals surface area contributed by atoms with Gasteiger partial charge in [-0.2, -0.15) is 0 Å². The number of aromatic hydroxyl groups is 1. The third-order valence-corrected chi connectivity index (χ3v) is 3.74. The molecule has 0 bridgehead atoms. The molecule has 0 radical (unpaired) electrons. The zero-order valence-corrected chi connectivity index (χ0v) is 13.9. The molecule has 120 valence electrons. The Kier molecular flexibility index (Phi) is 7.51. The van der Waals surface area contributed by atoms with Crippen molar-refractivity contribution < 1.29 is 5.11 Å². The van der Waals surface area contributed by atoms with Gasteiger partial charge in [-0.1, -0.05) is 26.7 Å². The lowest BCUT2D eigenvalue weighted by Gasteiger charge is -2.25. The van der Waals surface area contributed by atoms with Gasteiger partial charge in [0.2, 0.25) is 5.43 Å². The summed E-state index contributed by atoms with van der Waals surface area (Å²) < 4.78 is 2.00. The van der Waals surface area contributed by atoms with E-state index in [0.29, 0.717) is 0 Å². The molecule has 0 amide bonds. The fraction of sp³-hybridized carbons (Fsp3) is 0.706. The standard InChI is InChI=1S/C17H30N2O2/c1-5-7-9-18(10-8-6-2)12-15-11-16(20)17(21)13-19(15)14(3)4/h11,13-14,21H,5-10,12H2,1-4H3. The minimum atomic E-state index is -0.284. The third kappa shape index (κ3) is 5.54. The summed E-state index contributed by atoms with van der Waals surface area (Å²) in [6.45, 7) is 11.4. The Bertz CT molecular complexity index is 472. The topological polar surface area (TPSA) is 45.5 Å². The van der Waals surface area contributed by atoms with Crippen molar-refractivity contribution in [2.75, 3.05) is 13.1 Å². The lowest BCUT2D eigenvalue weighted by atomic mass is 10.2. The second-order valence-electron chi connectivity index (χ2n) is 6.00. The minimum absolute atomic E-state index is 0.166. The summed E-state index contributed by atoms with van der Waals surface area (Å²) in [4.78, 5) is 14.2. The van der Waals surface area contributed by atoms with E-state index >= 15 is 0 Å². The van der Waals surface area contributed by atoms with Crippen LogP contribution in [0.5, 0.6) is 5.75 Å². The fourth-order valence-electron chi connectivity index (χ4n) is 2.45. The van der Waals surface area contributed by atoms with Crippen LogP contribution in [0.15, 0.2) is 17.1 Å². The molecule has 4 nitrogen and oxygen atoms in total. The van der Waals surface area contributed by atoms with Crippen molar-refractivity contribution in [3.63, 3.8) is 0 Å². The van der Waals surface area contributed by atoms with Crippen molar-refractivity contribution in [3.05, 3.63) is 28.2 Å². The van der Waals surface area contributed by atoms with Crippen LogP contribution >= 0.6 is 0 Å². The minimum Gasteiger partial charge on any atom is -0.503 e. The zero-order valence-electron chi connectivity index (χ0n) is 13.9. The summed E-state index contributed by atoms with van der Waals surface area (Å²) in [5.41, 5.74) is 0.702. The molecular weight excluding hydrogens is 264 g/mol. The first-order valence-electron chi connectivity index (χ1n) is 8.15. The average Bonchev–Trinajstić information content (AvgIpc) is 2.45. The maximum absolute atomic E-state index is 11.7. The summed E-state index contributed by atoms with van der Waals surface area (Å²) in [6, 6.07) is 1.81. The number of nitrogens with zero attached hydrogens (tertiary/aromatic N) is 2. The predicted molar refractivity (Wildman–Crippen MR) is 87.8 cm³/mol. The van der Waals surface area contributed by atoms with Crippen LogP contribution in [-0.2, 0) is 6.54 Å². The van der Waals surface area contributed by atoms with Crippen LogP contribution in [0.25, 0.3) is 0 Å². The SMILES string of the molecule is CCCCN(CCCC)Cc1cc(=O)c(O)cn1C(C)C. The Labute approximate surface area is 128 Å². The number of hydrogen-bond donors (Lipinski definition) is 1. The summed E-state index contributed by atoms with van der Waals surface area (Å²) in [5.74, 6) is -0.166. The van der Waals surface area contributed by atoms with Gasteiger partial charge in [-0.3, -0.25) is 9.69 Å². The number of rotatable bonds is 9. The Balaban J connectivity index is 2.95. The summed E-state index contributed by atoms with van der Waals surface area (Å²) >= 11 is 0.